The summed E-state index contributed by atoms with van der Waals surface area (Å²) in [5.74, 6) is -0.259. The zero-order chi connectivity index (χ0) is 22.8. The molecule has 0 aliphatic heterocycles. The Morgan fingerprint density at radius 3 is 2.48 bits per heavy atom. The molecule has 2 rings (SSSR count). The van der Waals surface area contributed by atoms with E-state index in [-0.39, 0.29) is 18.5 Å². The summed E-state index contributed by atoms with van der Waals surface area (Å²) in [7, 11) is 0. The molecule has 0 aliphatic rings. The van der Waals surface area contributed by atoms with E-state index in [0.29, 0.717) is 41.5 Å². The van der Waals surface area contributed by atoms with Crippen molar-refractivity contribution in [2.75, 3.05) is 19.0 Å². The van der Waals surface area contributed by atoms with Crippen molar-refractivity contribution in [2.24, 2.45) is 0 Å². The number of nitrogens with zero attached hydrogens (tertiary/aromatic N) is 1. The minimum atomic E-state index is -1.04. The second kappa shape index (κ2) is 12.5. The van der Waals surface area contributed by atoms with Crippen LogP contribution in [0.15, 0.2) is 48.5 Å². The second-order valence-corrected chi connectivity index (χ2v) is 8.10. The molecule has 0 spiro atoms. The van der Waals surface area contributed by atoms with Crippen LogP contribution in [0.25, 0.3) is 0 Å². The molecule has 0 saturated carbocycles. The number of alkyl halides is 1. The fraction of sp³-hybridized carbons (Fsp3) is 0.391. The lowest BCUT2D eigenvalue weighted by Crippen LogP contribution is -2.42. The van der Waals surface area contributed by atoms with Crippen LogP contribution in [0.3, 0.4) is 0 Å². The summed E-state index contributed by atoms with van der Waals surface area (Å²) >= 11 is 11.8. The Kier molecular flexibility index (Phi) is 10.1. The Morgan fingerprint density at radius 1 is 1.16 bits per heavy atom. The molecule has 2 aromatic carbocycles. The number of carbonyl (C=O) groups is 2. The number of carboxylic acids is 1. The number of rotatable bonds is 12. The maximum atomic E-state index is 12.8. The number of amides is 1. The molecule has 0 bridgehead atoms. The summed E-state index contributed by atoms with van der Waals surface area (Å²) in [5, 5.41) is 19.9. The quantitative estimate of drug-likeness (QED) is 0.454. The summed E-state index contributed by atoms with van der Waals surface area (Å²) in [6.07, 6.45) is 0.562. The molecule has 168 valence electrons. The predicted molar refractivity (Wildman–Crippen MR) is 121 cm³/mol. The van der Waals surface area contributed by atoms with Gasteiger partial charge in [-0.15, -0.1) is 11.6 Å². The predicted octanol–water partition coefficient (Wildman–Crippen LogP) is 4.32. The van der Waals surface area contributed by atoms with E-state index in [1.807, 2.05) is 19.1 Å². The van der Waals surface area contributed by atoms with E-state index in [4.69, 9.17) is 33.0 Å². The first-order valence-corrected chi connectivity index (χ1v) is 10.9. The normalized spacial score (nSPS) is 12.8. The SMILES string of the molecule is C[C@H](Cc1ccc(OCC(=O)O)cc1)N(C[C@H](O)c1cccc(Cl)c1)C(=O)CCCCl. The zero-order valence-electron chi connectivity index (χ0n) is 17.3. The molecule has 31 heavy (non-hydrogen) atoms. The topological polar surface area (TPSA) is 87.1 Å². The third kappa shape index (κ3) is 8.40. The fourth-order valence-corrected chi connectivity index (χ4v) is 3.55. The van der Waals surface area contributed by atoms with Gasteiger partial charge in [0.15, 0.2) is 6.61 Å². The Balaban J connectivity index is 2.09. The van der Waals surface area contributed by atoms with E-state index in [2.05, 4.69) is 0 Å². The minimum Gasteiger partial charge on any atom is -0.482 e. The maximum Gasteiger partial charge on any atom is 0.341 e. The lowest BCUT2D eigenvalue weighted by Gasteiger charge is -2.32. The number of halogens is 2. The number of carbonyl (C=O) groups excluding carboxylic acids is 1. The van der Waals surface area contributed by atoms with Crippen LogP contribution in [-0.2, 0) is 16.0 Å². The third-order valence-electron chi connectivity index (χ3n) is 4.80. The molecule has 2 aromatic rings. The number of carboxylic acid groups (broad SMARTS) is 1. The Bertz CT molecular complexity index is 859. The lowest BCUT2D eigenvalue weighted by molar-refractivity contribution is -0.139. The van der Waals surface area contributed by atoms with Crippen molar-refractivity contribution in [3.05, 3.63) is 64.7 Å². The van der Waals surface area contributed by atoms with Crippen molar-refractivity contribution in [3.63, 3.8) is 0 Å². The van der Waals surface area contributed by atoms with Crippen molar-refractivity contribution in [1.82, 2.24) is 4.90 Å². The number of hydrogen-bond acceptors (Lipinski definition) is 4. The third-order valence-corrected chi connectivity index (χ3v) is 5.30. The van der Waals surface area contributed by atoms with Gasteiger partial charge in [-0.05, 0) is 55.2 Å². The van der Waals surface area contributed by atoms with Gasteiger partial charge in [-0.1, -0.05) is 35.9 Å². The van der Waals surface area contributed by atoms with E-state index < -0.39 is 18.7 Å². The number of aliphatic carboxylic acids is 1. The van der Waals surface area contributed by atoms with Crippen LogP contribution in [0.2, 0.25) is 5.02 Å². The first-order valence-electron chi connectivity index (χ1n) is 10.0. The van der Waals surface area contributed by atoms with Crippen LogP contribution in [0.1, 0.15) is 37.0 Å². The molecular weight excluding hydrogens is 441 g/mol. The molecule has 0 fully saturated rings. The van der Waals surface area contributed by atoms with Crippen molar-refractivity contribution >= 4 is 35.1 Å². The van der Waals surface area contributed by atoms with Gasteiger partial charge in [0.05, 0.1) is 12.6 Å². The number of hydrogen-bond donors (Lipinski definition) is 2. The minimum absolute atomic E-state index is 0.0735. The number of aliphatic hydroxyl groups is 1. The van der Waals surface area contributed by atoms with Crippen LogP contribution in [0.5, 0.6) is 5.75 Å². The van der Waals surface area contributed by atoms with Gasteiger partial charge in [-0.3, -0.25) is 4.79 Å². The van der Waals surface area contributed by atoms with Gasteiger partial charge in [-0.2, -0.15) is 0 Å². The van der Waals surface area contributed by atoms with Crippen LogP contribution in [-0.4, -0.2) is 52.1 Å². The molecule has 1 amide bonds. The molecule has 0 saturated heterocycles. The Morgan fingerprint density at radius 2 is 1.87 bits per heavy atom. The highest BCUT2D eigenvalue weighted by Crippen LogP contribution is 2.22. The average Bonchev–Trinajstić information content (AvgIpc) is 2.75. The van der Waals surface area contributed by atoms with E-state index in [1.165, 1.54) is 0 Å². The summed E-state index contributed by atoms with van der Waals surface area (Å²) < 4.78 is 5.15. The van der Waals surface area contributed by atoms with Gasteiger partial charge in [0, 0.05) is 23.4 Å². The number of aliphatic hydroxyl groups excluding tert-OH is 1. The van der Waals surface area contributed by atoms with Gasteiger partial charge in [0.25, 0.3) is 0 Å². The van der Waals surface area contributed by atoms with Crippen LogP contribution in [0.4, 0.5) is 0 Å². The molecule has 2 atom stereocenters. The van der Waals surface area contributed by atoms with E-state index in [9.17, 15) is 14.7 Å². The monoisotopic (exact) mass is 467 g/mol. The summed E-state index contributed by atoms with van der Waals surface area (Å²) in [4.78, 5) is 25.1. The molecular formula is C23H27Cl2NO5. The van der Waals surface area contributed by atoms with Gasteiger partial charge < -0.3 is 19.8 Å². The van der Waals surface area contributed by atoms with Gasteiger partial charge in [-0.25, -0.2) is 4.79 Å². The second-order valence-electron chi connectivity index (χ2n) is 7.29. The van der Waals surface area contributed by atoms with Gasteiger partial charge in [0.2, 0.25) is 5.91 Å². The average molecular weight is 468 g/mol. The molecule has 8 heteroatoms. The van der Waals surface area contributed by atoms with Gasteiger partial charge >= 0.3 is 5.97 Å². The highest BCUT2D eigenvalue weighted by atomic mass is 35.5. The maximum absolute atomic E-state index is 12.8. The van der Waals surface area contributed by atoms with Gasteiger partial charge in [0.1, 0.15) is 5.75 Å². The summed E-state index contributed by atoms with van der Waals surface area (Å²) in [6.45, 7) is 1.67. The Labute approximate surface area is 192 Å². The molecule has 0 unspecified atom stereocenters. The number of ether oxygens (including phenoxy) is 1. The fourth-order valence-electron chi connectivity index (χ4n) is 3.21. The van der Waals surface area contributed by atoms with E-state index in [0.717, 1.165) is 5.56 Å². The largest absolute Gasteiger partial charge is 0.482 e. The standard InChI is InChI=1S/C23H27Cl2NO5/c1-16(12-17-7-9-20(10-8-17)31-15-23(29)30)26(22(28)6-3-11-24)14-21(27)18-4-2-5-19(25)13-18/h2,4-5,7-10,13,16,21,27H,3,6,11-12,14-15H2,1H3,(H,29,30)/t16-,21+/m1/s1. The van der Waals surface area contributed by atoms with Crippen molar-refractivity contribution in [3.8, 4) is 5.75 Å². The van der Waals surface area contributed by atoms with E-state index in [1.54, 1.807) is 41.3 Å². The molecule has 0 aliphatic carbocycles. The molecule has 0 radical (unpaired) electrons. The Hall–Kier alpha value is -2.28. The molecule has 6 nitrogen and oxygen atoms in total. The van der Waals surface area contributed by atoms with Crippen LogP contribution in [0, 0.1) is 0 Å². The van der Waals surface area contributed by atoms with E-state index >= 15 is 0 Å². The highest BCUT2D eigenvalue weighted by molar-refractivity contribution is 6.30. The molecule has 0 aromatic heterocycles. The number of benzene rings is 2. The first-order chi connectivity index (χ1) is 14.8. The van der Waals surface area contributed by atoms with Crippen molar-refractivity contribution in [2.45, 2.75) is 38.3 Å². The van der Waals surface area contributed by atoms with Crippen LogP contribution < -0.4 is 4.74 Å². The lowest BCUT2D eigenvalue weighted by atomic mass is 10.0. The van der Waals surface area contributed by atoms with Crippen LogP contribution >= 0.6 is 23.2 Å². The van der Waals surface area contributed by atoms with Crippen molar-refractivity contribution < 1.29 is 24.5 Å². The van der Waals surface area contributed by atoms with Crippen molar-refractivity contribution in [1.29, 1.82) is 0 Å². The zero-order valence-corrected chi connectivity index (χ0v) is 18.9. The highest BCUT2D eigenvalue weighted by Gasteiger charge is 2.24. The molecule has 0 heterocycles. The first kappa shape index (κ1) is 25.0. The molecule has 2 N–H and O–H groups in total. The summed E-state index contributed by atoms with van der Waals surface area (Å²) in [5.41, 5.74) is 1.61. The summed E-state index contributed by atoms with van der Waals surface area (Å²) in [6, 6.07) is 13.8. The smallest absolute Gasteiger partial charge is 0.341 e.